The van der Waals surface area contributed by atoms with Gasteiger partial charge in [-0.3, -0.25) is 0 Å². The number of hydrogen-bond donors (Lipinski definition) is 2. The molecule has 2 heterocycles. The van der Waals surface area contributed by atoms with Gasteiger partial charge in [0, 0.05) is 24.0 Å². The minimum atomic E-state index is -3.27. The molecular formula is C8H12N2O2S2. The Morgan fingerprint density at radius 1 is 1.50 bits per heavy atom. The van der Waals surface area contributed by atoms with Crippen molar-refractivity contribution in [1.29, 1.82) is 0 Å². The van der Waals surface area contributed by atoms with Gasteiger partial charge in [-0.25, -0.2) is 13.1 Å². The van der Waals surface area contributed by atoms with E-state index >= 15 is 0 Å². The van der Waals surface area contributed by atoms with Crippen LogP contribution in [0, 0.1) is 6.92 Å². The Labute approximate surface area is 87.4 Å². The molecule has 14 heavy (non-hydrogen) atoms. The van der Waals surface area contributed by atoms with Crippen LogP contribution in [0.4, 0.5) is 0 Å². The first-order chi connectivity index (χ1) is 6.58. The van der Waals surface area contributed by atoms with Gasteiger partial charge in [0.1, 0.15) is 4.21 Å². The minimum absolute atomic E-state index is 0.0578. The molecular weight excluding hydrogens is 220 g/mol. The summed E-state index contributed by atoms with van der Waals surface area (Å²) in [5.41, 5.74) is 0. The predicted octanol–water partition coefficient (Wildman–Crippen LogP) is 0.307. The molecule has 0 aliphatic carbocycles. The molecule has 1 aromatic rings. The van der Waals surface area contributed by atoms with Crippen molar-refractivity contribution < 1.29 is 8.42 Å². The third-order valence-corrected chi connectivity index (χ3v) is 5.10. The van der Waals surface area contributed by atoms with E-state index < -0.39 is 10.0 Å². The molecule has 0 unspecified atom stereocenters. The topological polar surface area (TPSA) is 58.2 Å². The number of aryl methyl sites for hydroxylation is 1. The van der Waals surface area contributed by atoms with Crippen LogP contribution in [0.1, 0.15) is 4.88 Å². The van der Waals surface area contributed by atoms with Gasteiger partial charge in [-0.2, -0.15) is 0 Å². The van der Waals surface area contributed by atoms with Crippen molar-refractivity contribution in [3.63, 3.8) is 0 Å². The molecule has 0 saturated carbocycles. The second-order valence-electron chi connectivity index (χ2n) is 3.34. The molecule has 1 aliphatic rings. The lowest BCUT2D eigenvalue weighted by Gasteiger charge is -2.27. The van der Waals surface area contributed by atoms with Gasteiger partial charge >= 0.3 is 0 Å². The normalized spacial score (nSPS) is 18.1. The van der Waals surface area contributed by atoms with E-state index in [2.05, 4.69) is 10.0 Å². The van der Waals surface area contributed by atoms with Gasteiger partial charge in [-0.15, -0.1) is 11.3 Å². The molecule has 2 N–H and O–H groups in total. The molecule has 0 spiro atoms. The van der Waals surface area contributed by atoms with Crippen molar-refractivity contribution in [3.05, 3.63) is 17.0 Å². The summed E-state index contributed by atoms with van der Waals surface area (Å²) in [6.07, 6.45) is 0. The molecule has 78 valence electrons. The lowest BCUT2D eigenvalue weighted by Crippen LogP contribution is -2.56. The molecule has 1 aromatic heterocycles. The van der Waals surface area contributed by atoms with Crippen LogP contribution in [-0.2, 0) is 10.0 Å². The summed E-state index contributed by atoms with van der Waals surface area (Å²) in [6.45, 7) is 3.35. The van der Waals surface area contributed by atoms with Crippen molar-refractivity contribution in [1.82, 2.24) is 10.0 Å². The Morgan fingerprint density at radius 3 is 2.64 bits per heavy atom. The van der Waals surface area contributed by atoms with Crippen molar-refractivity contribution in [2.75, 3.05) is 13.1 Å². The van der Waals surface area contributed by atoms with Crippen LogP contribution < -0.4 is 10.0 Å². The van der Waals surface area contributed by atoms with Gasteiger partial charge in [0.05, 0.1) is 0 Å². The molecule has 1 fully saturated rings. The minimum Gasteiger partial charge on any atom is -0.313 e. The molecule has 0 bridgehead atoms. The van der Waals surface area contributed by atoms with E-state index in [0.29, 0.717) is 4.21 Å². The fourth-order valence-corrected chi connectivity index (χ4v) is 3.74. The average molecular weight is 232 g/mol. The molecule has 0 radical (unpaired) electrons. The summed E-state index contributed by atoms with van der Waals surface area (Å²) < 4.78 is 26.5. The van der Waals surface area contributed by atoms with Crippen LogP contribution in [-0.4, -0.2) is 27.5 Å². The third kappa shape index (κ3) is 1.98. The summed E-state index contributed by atoms with van der Waals surface area (Å²) in [6, 6.07) is 3.52. The zero-order chi connectivity index (χ0) is 10.2. The largest absolute Gasteiger partial charge is 0.313 e. The zero-order valence-corrected chi connectivity index (χ0v) is 9.41. The van der Waals surface area contributed by atoms with E-state index in [9.17, 15) is 8.42 Å². The van der Waals surface area contributed by atoms with Crippen LogP contribution in [0.15, 0.2) is 16.3 Å². The summed E-state index contributed by atoms with van der Waals surface area (Å²) in [7, 11) is -3.27. The predicted molar refractivity (Wildman–Crippen MR) is 56.0 cm³/mol. The zero-order valence-electron chi connectivity index (χ0n) is 7.78. The Morgan fingerprint density at radius 2 is 2.21 bits per heavy atom. The summed E-state index contributed by atoms with van der Waals surface area (Å²) >= 11 is 1.30. The summed E-state index contributed by atoms with van der Waals surface area (Å²) in [4.78, 5) is 1.01. The Bertz CT molecular complexity index is 420. The molecule has 0 aromatic carbocycles. The molecule has 2 rings (SSSR count). The van der Waals surface area contributed by atoms with Crippen molar-refractivity contribution >= 4 is 21.4 Å². The second kappa shape index (κ2) is 3.62. The van der Waals surface area contributed by atoms with Crippen LogP contribution in [0.2, 0.25) is 0 Å². The third-order valence-electron chi connectivity index (χ3n) is 2.08. The van der Waals surface area contributed by atoms with Gasteiger partial charge in [-0.05, 0) is 19.1 Å². The smallest absolute Gasteiger partial charge is 0.250 e. The van der Waals surface area contributed by atoms with Gasteiger partial charge < -0.3 is 5.32 Å². The van der Waals surface area contributed by atoms with E-state index in [1.54, 1.807) is 6.07 Å². The highest BCUT2D eigenvalue weighted by molar-refractivity contribution is 7.91. The standard InChI is InChI=1S/C8H12N2O2S2/c1-6-2-3-8(13-6)14(11,12)10-7-4-9-5-7/h2-3,7,9-10H,4-5H2,1H3. The molecule has 6 heteroatoms. The number of hydrogen-bond acceptors (Lipinski definition) is 4. The molecule has 1 saturated heterocycles. The second-order valence-corrected chi connectivity index (χ2v) is 6.57. The number of thiophene rings is 1. The summed E-state index contributed by atoms with van der Waals surface area (Å²) in [5.74, 6) is 0. The fraction of sp³-hybridized carbons (Fsp3) is 0.500. The number of sulfonamides is 1. The van der Waals surface area contributed by atoms with Gasteiger partial charge in [-0.1, -0.05) is 0 Å². The highest BCUT2D eigenvalue weighted by Gasteiger charge is 2.25. The highest BCUT2D eigenvalue weighted by atomic mass is 32.2. The van der Waals surface area contributed by atoms with Gasteiger partial charge in [0.25, 0.3) is 0 Å². The van der Waals surface area contributed by atoms with E-state index in [1.165, 1.54) is 11.3 Å². The van der Waals surface area contributed by atoms with Gasteiger partial charge in [0.15, 0.2) is 0 Å². The Hall–Kier alpha value is -0.430. The molecule has 0 amide bonds. The molecule has 4 nitrogen and oxygen atoms in total. The van der Waals surface area contributed by atoms with Crippen molar-refractivity contribution in [2.24, 2.45) is 0 Å². The Balaban J connectivity index is 2.15. The number of nitrogens with one attached hydrogen (secondary N) is 2. The average Bonchev–Trinajstić information content (AvgIpc) is 2.45. The van der Waals surface area contributed by atoms with Crippen molar-refractivity contribution in [2.45, 2.75) is 17.2 Å². The number of rotatable bonds is 3. The maximum atomic E-state index is 11.7. The first kappa shape index (κ1) is 10.1. The highest BCUT2D eigenvalue weighted by Crippen LogP contribution is 2.20. The molecule has 1 aliphatic heterocycles. The Kier molecular flexibility index (Phi) is 2.61. The summed E-state index contributed by atoms with van der Waals surface area (Å²) in [5, 5.41) is 3.02. The monoisotopic (exact) mass is 232 g/mol. The van der Waals surface area contributed by atoms with Crippen LogP contribution in [0.3, 0.4) is 0 Å². The maximum absolute atomic E-state index is 11.7. The van der Waals surface area contributed by atoms with E-state index in [1.807, 2.05) is 13.0 Å². The first-order valence-electron chi connectivity index (χ1n) is 4.37. The van der Waals surface area contributed by atoms with Gasteiger partial charge in [0.2, 0.25) is 10.0 Å². The first-order valence-corrected chi connectivity index (χ1v) is 6.67. The van der Waals surface area contributed by atoms with E-state index in [-0.39, 0.29) is 6.04 Å². The molecule has 0 atom stereocenters. The van der Waals surface area contributed by atoms with Crippen LogP contribution >= 0.6 is 11.3 Å². The van der Waals surface area contributed by atoms with Crippen molar-refractivity contribution in [3.8, 4) is 0 Å². The van der Waals surface area contributed by atoms with E-state index in [0.717, 1.165) is 18.0 Å². The van der Waals surface area contributed by atoms with Crippen LogP contribution in [0.25, 0.3) is 0 Å². The fourth-order valence-electron chi connectivity index (χ4n) is 1.21. The maximum Gasteiger partial charge on any atom is 0.250 e. The lowest BCUT2D eigenvalue weighted by atomic mass is 10.2. The quantitative estimate of drug-likeness (QED) is 0.788. The lowest BCUT2D eigenvalue weighted by molar-refractivity contribution is 0.410. The van der Waals surface area contributed by atoms with E-state index in [4.69, 9.17) is 0 Å². The van der Waals surface area contributed by atoms with Crippen LogP contribution in [0.5, 0.6) is 0 Å². The SMILES string of the molecule is Cc1ccc(S(=O)(=O)NC2CNC2)s1.